The molecular weight excluding hydrogens is 272 g/mol. The van der Waals surface area contributed by atoms with Gasteiger partial charge in [-0.15, -0.1) is 0 Å². The zero-order valence-electron chi connectivity index (χ0n) is 11.5. The molecule has 6 nitrogen and oxygen atoms in total. The molecule has 1 unspecified atom stereocenters. The molecule has 0 radical (unpaired) electrons. The van der Waals surface area contributed by atoms with Gasteiger partial charge in [0.05, 0.1) is 11.5 Å². The Hall–Kier alpha value is -2.63. The van der Waals surface area contributed by atoms with Gasteiger partial charge in [0, 0.05) is 17.7 Å². The molecule has 6 heteroatoms. The van der Waals surface area contributed by atoms with E-state index in [0.29, 0.717) is 24.2 Å². The predicted octanol–water partition coefficient (Wildman–Crippen LogP) is 3.67. The highest BCUT2D eigenvalue weighted by Crippen LogP contribution is 2.41. The summed E-state index contributed by atoms with van der Waals surface area (Å²) in [5, 5.41) is 10.6. The molecule has 2 aromatic rings. The molecule has 108 valence electrons. The van der Waals surface area contributed by atoms with Gasteiger partial charge in [0.1, 0.15) is 17.7 Å². The second-order valence-corrected chi connectivity index (χ2v) is 4.92. The topological polar surface area (TPSA) is 74.5 Å². The van der Waals surface area contributed by atoms with E-state index in [1.807, 2.05) is 18.2 Å². The van der Waals surface area contributed by atoms with Crippen molar-refractivity contribution in [3.63, 3.8) is 0 Å². The predicted molar refractivity (Wildman–Crippen MR) is 75.9 cm³/mol. The summed E-state index contributed by atoms with van der Waals surface area (Å²) in [5.74, 6) is 2.17. The molecular formula is C15H14N2O4. The van der Waals surface area contributed by atoms with Gasteiger partial charge in [-0.3, -0.25) is 10.1 Å². The summed E-state index contributed by atoms with van der Waals surface area (Å²) in [5.41, 5.74) is 0.957. The quantitative estimate of drug-likeness (QED) is 0.635. The molecule has 1 aromatic heterocycles. The van der Waals surface area contributed by atoms with Crippen LogP contribution in [0.2, 0.25) is 0 Å². The monoisotopic (exact) mass is 286 g/mol. The van der Waals surface area contributed by atoms with Crippen molar-refractivity contribution in [2.24, 2.45) is 0 Å². The zero-order valence-corrected chi connectivity index (χ0v) is 11.5. The number of hydrogen-bond donors (Lipinski definition) is 0. The van der Waals surface area contributed by atoms with Crippen molar-refractivity contribution >= 4 is 5.69 Å². The van der Waals surface area contributed by atoms with Gasteiger partial charge in [-0.25, -0.2) is 4.98 Å². The number of rotatable bonds is 3. The lowest BCUT2D eigenvalue weighted by Crippen LogP contribution is -2.12. The highest BCUT2D eigenvalue weighted by atomic mass is 16.6. The van der Waals surface area contributed by atoms with Gasteiger partial charge in [0.2, 0.25) is 5.88 Å². The SMILES string of the molecule is CC1CCOc2cccc(Oc3ccc([N+](=O)[O-])cn3)c21. The fraction of sp³-hybridized carbons (Fsp3) is 0.267. The lowest BCUT2D eigenvalue weighted by molar-refractivity contribution is -0.385. The number of pyridine rings is 1. The molecule has 1 aliphatic heterocycles. The molecule has 1 aliphatic rings. The minimum atomic E-state index is -0.489. The Morgan fingerprint density at radius 2 is 2.24 bits per heavy atom. The van der Waals surface area contributed by atoms with Crippen molar-refractivity contribution in [1.82, 2.24) is 4.98 Å². The van der Waals surface area contributed by atoms with E-state index in [2.05, 4.69) is 11.9 Å². The summed E-state index contributed by atoms with van der Waals surface area (Å²) in [4.78, 5) is 14.1. The van der Waals surface area contributed by atoms with Crippen molar-refractivity contribution in [1.29, 1.82) is 0 Å². The van der Waals surface area contributed by atoms with Crippen LogP contribution in [0.25, 0.3) is 0 Å². The number of fused-ring (bicyclic) bond motifs is 1. The summed E-state index contributed by atoms with van der Waals surface area (Å²) in [6.07, 6.45) is 2.12. The van der Waals surface area contributed by atoms with Crippen LogP contribution in [0.5, 0.6) is 17.4 Å². The molecule has 0 saturated heterocycles. The van der Waals surface area contributed by atoms with E-state index in [4.69, 9.17) is 9.47 Å². The number of ether oxygens (including phenoxy) is 2. The Balaban J connectivity index is 1.90. The summed E-state index contributed by atoms with van der Waals surface area (Å²) in [6.45, 7) is 2.82. The molecule has 21 heavy (non-hydrogen) atoms. The third-order valence-electron chi connectivity index (χ3n) is 3.47. The van der Waals surface area contributed by atoms with Crippen molar-refractivity contribution in [3.8, 4) is 17.4 Å². The van der Waals surface area contributed by atoms with Gasteiger partial charge in [-0.1, -0.05) is 13.0 Å². The first-order valence-corrected chi connectivity index (χ1v) is 6.69. The number of nitro groups is 1. The Morgan fingerprint density at radius 1 is 1.38 bits per heavy atom. The lowest BCUT2D eigenvalue weighted by atomic mass is 9.94. The minimum absolute atomic E-state index is 0.0610. The van der Waals surface area contributed by atoms with Crippen molar-refractivity contribution in [2.75, 3.05) is 6.61 Å². The zero-order chi connectivity index (χ0) is 14.8. The normalized spacial score (nSPS) is 16.7. The first kappa shape index (κ1) is 13.4. The van der Waals surface area contributed by atoms with Crippen LogP contribution in [0.3, 0.4) is 0 Å². The Morgan fingerprint density at radius 3 is 2.95 bits per heavy atom. The van der Waals surface area contributed by atoms with Crippen LogP contribution in [0.15, 0.2) is 36.5 Å². The molecule has 0 aliphatic carbocycles. The average molecular weight is 286 g/mol. The maximum atomic E-state index is 10.6. The van der Waals surface area contributed by atoms with E-state index in [9.17, 15) is 10.1 Å². The van der Waals surface area contributed by atoms with E-state index >= 15 is 0 Å². The first-order valence-electron chi connectivity index (χ1n) is 6.69. The third-order valence-corrected chi connectivity index (χ3v) is 3.47. The number of hydrogen-bond acceptors (Lipinski definition) is 5. The average Bonchev–Trinajstić information content (AvgIpc) is 2.48. The molecule has 0 N–H and O–H groups in total. The Labute approximate surface area is 121 Å². The van der Waals surface area contributed by atoms with Gasteiger partial charge in [-0.2, -0.15) is 0 Å². The van der Waals surface area contributed by atoms with E-state index in [0.717, 1.165) is 17.7 Å². The number of aromatic nitrogens is 1. The highest BCUT2D eigenvalue weighted by molar-refractivity contribution is 5.49. The smallest absolute Gasteiger partial charge is 0.287 e. The molecule has 1 atom stereocenters. The second-order valence-electron chi connectivity index (χ2n) is 4.92. The van der Waals surface area contributed by atoms with Crippen LogP contribution < -0.4 is 9.47 Å². The molecule has 0 fully saturated rings. The maximum Gasteiger partial charge on any atom is 0.287 e. The molecule has 3 rings (SSSR count). The van der Waals surface area contributed by atoms with Gasteiger partial charge >= 0.3 is 0 Å². The van der Waals surface area contributed by atoms with Crippen LogP contribution in [0.4, 0.5) is 5.69 Å². The van der Waals surface area contributed by atoms with Crippen LogP contribution in [0.1, 0.15) is 24.8 Å². The van der Waals surface area contributed by atoms with Gasteiger partial charge in [-0.05, 0) is 24.5 Å². The lowest BCUT2D eigenvalue weighted by Gasteiger charge is -2.25. The summed E-state index contributed by atoms with van der Waals surface area (Å²) in [7, 11) is 0. The fourth-order valence-electron chi connectivity index (χ4n) is 2.37. The standard InChI is InChI=1S/C15H14N2O4/c1-10-7-8-20-12-3-2-4-13(15(10)12)21-14-6-5-11(9-16-14)17(18)19/h2-6,9-10H,7-8H2,1H3. The minimum Gasteiger partial charge on any atom is -0.493 e. The third kappa shape index (κ3) is 2.65. The maximum absolute atomic E-state index is 10.6. The molecule has 0 amide bonds. The van der Waals surface area contributed by atoms with Crippen LogP contribution in [-0.4, -0.2) is 16.5 Å². The van der Waals surface area contributed by atoms with Crippen LogP contribution >= 0.6 is 0 Å². The van der Waals surface area contributed by atoms with E-state index in [-0.39, 0.29) is 5.69 Å². The summed E-state index contributed by atoms with van der Waals surface area (Å²) < 4.78 is 11.4. The Bertz CT molecular complexity index is 670. The fourth-order valence-corrected chi connectivity index (χ4v) is 2.37. The van der Waals surface area contributed by atoms with E-state index < -0.39 is 4.92 Å². The molecule has 0 bridgehead atoms. The number of benzene rings is 1. The second kappa shape index (κ2) is 5.40. The Kier molecular flexibility index (Phi) is 3.43. The van der Waals surface area contributed by atoms with E-state index in [1.54, 1.807) is 0 Å². The van der Waals surface area contributed by atoms with Crippen molar-refractivity contribution in [3.05, 3.63) is 52.2 Å². The summed E-state index contributed by atoms with van der Waals surface area (Å²) >= 11 is 0. The molecule has 1 aromatic carbocycles. The van der Waals surface area contributed by atoms with Gasteiger partial charge in [0.25, 0.3) is 5.69 Å². The largest absolute Gasteiger partial charge is 0.493 e. The van der Waals surface area contributed by atoms with Crippen molar-refractivity contribution < 1.29 is 14.4 Å². The highest BCUT2D eigenvalue weighted by Gasteiger charge is 2.22. The van der Waals surface area contributed by atoms with Crippen LogP contribution in [0, 0.1) is 10.1 Å². The van der Waals surface area contributed by atoms with E-state index in [1.165, 1.54) is 18.3 Å². The first-order chi connectivity index (χ1) is 10.1. The summed E-state index contributed by atoms with van der Waals surface area (Å²) in [6, 6.07) is 8.50. The molecule has 0 spiro atoms. The molecule has 0 saturated carbocycles. The van der Waals surface area contributed by atoms with Crippen molar-refractivity contribution in [2.45, 2.75) is 19.3 Å². The van der Waals surface area contributed by atoms with Gasteiger partial charge < -0.3 is 9.47 Å². The molecule has 2 heterocycles. The number of nitrogens with zero attached hydrogens (tertiary/aromatic N) is 2. The van der Waals surface area contributed by atoms with Crippen LogP contribution in [-0.2, 0) is 0 Å². The van der Waals surface area contributed by atoms with Gasteiger partial charge in [0.15, 0.2) is 0 Å².